The zero-order valence-electron chi connectivity index (χ0n) is 21.4. The average Bonchev–Trinajstić information content (AvgIpc) is 3.19. The van der Waals surface area contributed by atoms with E-state index in [1.54, 1.807) is 4.90 Å². The number of benzene rings is 1. The number of aromatic nitrogens is 2. The van der Waals surface area contributed by atoms with Crippen molar-refractivity contribution in [2.24, 2.45) is 0 Å². The van der Waals surface area contributed by atoms with Gasteiger partial charge in [-0.3, -0.25) is 4.98 Å². The van der Waals surface area contributed by atoms with Gasteiger partial charge in [-0.1, -0.05) is 18.2 Å². The molecule has 0 spiro atoms. The minimum absolute atomic E-state index is 0.251. The fraction of sp³-hybridized carbons (Fsp3) is 0.448. The lowest BCUT2D eigenvalue weighted by molar-refractivity contribution is 0.0270. The summed E-state index contributed by atoms with van der Waals surface area (Å²) in [7, 11) is 0. The zero-order valence-corrected chi connectivity index (χ0v) is 21.4. The van der Waals surface area contributed by atoms with E-state index in [9.17, 15) is 4.79 Å². The highest BCUT2D eigenvalue weighted by Gasteiger charge is 2.26. The summed E-state index contributed by atoms with van der Waals surface area (Å²) in [6, 6.07) is 8.92. The fourth-order valence-corrected chi connectivity index (χ4v) is 5.31. The number of pyridine rings is 1. The highest BCUT2D eigenvalue weighted by Crippen LogP contribution is 2.40. The van der Waals surface area contributed by atoms with E-state index < -0.39 is 5.60 Å². The van der Waals surface area contributed by atoms with Crippen LogP contribution >= 0.6 is 0 Å². The summed E-state index contributed by atoms with van der Waals surface area (Å²) in [5.74, 6) is 1.33. The lowest BCUT2D eigenvalue weighted by atomic mass is 9.86. The topological polar surface area (TPSA) is 67.5 Å². The van der Waals surface area contributed by atoms with Crippen LogP contribution in [0, 0.1) is 13.8 Å². The summed E-state index contributed by atoms with van der Waals surface area (Å²) in [6.45, 7) is 11.7. The summed E-state index contributed by atoms with van der Waals surface area (Å²) in [4.78, 5) is 22.3. The molecule has 1 amide bonds. The zero-order chi connectivity index (χ0) is 24.7. The molecular weight excluding hydrogens is 438 g/mol. The highest BCUT2D eigenvalue weighted by molar-refractivity contribution is 5.98. The van der Waals surface area contributed by atoms with Crippen LogP contribution in [0.5, 0.6) is 5.75 Å². The van der Waals surface area contributed by atoms with Crippen LogP contribution in [0.2, 0.25) is 0 Å². The van der Waals surface area contributed by atoms with E-state index in [1.807, 2.05) is 27.0 Å². The molecule has 2 aliphatic heterocycles. The Balaban J connectivity index is 1.44. The molecule has 35 heavy (non-hydrogen) atoms. The van der Waals surface area contributed by atoms with Gasteiger partial charge in [0.2, 0.25) is 0 Å². The molecule has 2 aromatic heterocycles. The fourth-order valence-electron chi connectivity index (χ4n) is 5.31. The van der Waals surface area contributed by atoms with E-state index in [0.717, 1.165) is 41.9 Å². The number of hydrogen-bond acceptors (Lipinski definition) is 4. The van der Waals surface area contributed by atoms with Crippen molar-refractivity contribution in [2.45, 2.75) is 65.4 Å². The molecule has 184 valence electrons. The quantitative estimate of drug-likeness (QED) is 0.473. The van der Waals surface area contributed by atoms with Crippen LogP contribution in [-0.4, -0.2) is 46.3 Å². The maximum Gasteiger partial charge on any atom is 0.410 e. The number of aromatic amines is 1. The average molecular weight is 474 g/mol. The van der Waals surface area contributed by atoms with Crippen molar-refractivity contribution in [1.82, 2.24) is 14.9 Å². The van der Waals surface area contributed by atoms with E-state index in [0.29, 0.717) is 25.6 Å². The molecule has 1 aromatic carbocycles. The Morgan fingerprint density at radius 1 is 1.20 bits per heavy atom. The van der Waals surface area contributed by atoms with E-state index in [4.69, 9.17) is 9.47 Å². The summed E-state index contributed by atoms with van der Waals surface area (Å²) in [6.07, 6.45) is 6.64. The van der Waals surface area contributed by atoms with Gasteiger partial charge >= 0.3 is 6.09 Å². The first-order valence-electron chi connectivity index (χ1n) is 12.6. The number of H-pyrrole nitrogens is 1. The second-order valence-corrected chi connectivity index (χ2v) is 10.8. The highest BCUT2D eigenvalue weighted by atomic mass is 16.6. The maximum absolute atomic E-state index is 12.5. The van der Waals surface area contributed by atoms with Gasteiger partial charge in [0.05, 0.1) is 12.1 Å². The lowest BCUT2D eigenvalue weighted by Gasteiger charge is -2.30. The second kappa shape index (κ2) is 9.06. The first-order valence-corrected chi connectivity index (χ1v) is 12.6. The van der Waals surface area contributed by atoms with Crippen molar-refractivity contribution in [1.29, 1.82) is 0 Å². The molecular formula is C29H35N3O3. The van der Waals surface area contributed by atoms with Crippen molar-refractivity contribution in [3.63, 3.8) is 0 Å². The third kappa shape index (κ3) is 4.93. The molecule has 5 rings (SSSR count). The van der Waals surface area contributed by atoms with Gasteiger partial charge in [-0.2, -0.15) is 0 Å². The molecule has 0 saturated heterocycles. The van der Waals surface area contributed by atoms with Gasteiger partial charge < -0.3 is 19.4 Å². The SMILES string of the molecule is Cc1cc(C2CCOc3c[nH]c4c(C5=CCN(C(=O)OC(C)(C)C)CC5)ccc(c34)C2)cc(C)n1. The summed E-state index contributed by atoms with van der Waals surface area (Å²) in [5.41, 5.74) is 7.86. The number of nitrogens with one attached hydrogen (secondary N) is 1. The third-order valence-electron chi connectivity index (χ3n) is 6.86. The molecule has 1 atom stereocenters. The molecule has 0 saturated carbocycles. The second-order valence-electron chi connectivity index (χ2n) is 10.8. The summed E-state index contributed by atoms with van der Waals surface area (Å²) < 4.78 is 11.8. The Labute approximate surface area is 207 Å². The molecule has 3 aromatic rings. The van der Waals surface area contributed by atoms with Crippen molar-refractivity contribution >= 4 is 22.6 Å². The van der Waals surface area contributed by atoms with Crippen molar-refractivity contribution in [3.05, 3.63) is 64.6 Å². The summed E-state index contributed by atoms with van der Waals surface area (Å²) >= 11 is 0. The number of carbonyl (C=O) groups excluding carboxylic acids is 1. The van der Waals surface area contributed by atoms with Gasteiger partial charge in [-0.15, -0.1) is 0 Å². The predicted molar refractivity (Wildman–Crippen MR) is 139 cm³/mol. The Hall–Kier alpha value is -3.28. The van der Waals surface area contributed by atoms with Crippen molar-refractivity contribution in [3.8, 4) is 5.75 Å². The number of rotatable bonds is 2. The van der Waals surface area contributed by atoms with Crippen LogP contribution in [-0.2, 0) is 11.2 Å². The number of ether oxygens (including phenoxy) is 2. The van der Waals surface area contributed by atoms with Crippen LogP contribution < -0.4 is 4.74 Å². The van der Waals surface area contributed by atoms with Crippen LogP contribution in [0.25, 0.3) is 16.5 Å². The Kier molecular flexibility index (Phi) is 6.07. The predicted octanol–water partition coefficient (Wildman–Crippen LogP) is 6.31. The molecule has 6 nitrogen and oxygen atoms in total. The van der Waals surface area contributed by atoms with Crippen LogP contribution in [0.3, 0.4) is 0 Å². The molecule has 0 aliphatic carbocycles. The minimum Gasteiger partial charge on any atom is -0.491 e. The number of hydrogen-bond donors (Lipinski definition) is 1. The summed E-state index contributed by atoms with van der Waals surface area (Å²) in [5, 5.41) is 1.19. The van der Waals surface area contributed by atoms with Gasteiger partial charge in [0.1, 0.15) is 11.4 Å². The molecule has 1 N–H and O–H groups in total. The molecule has 1 unspecified atom stereocenters. The van der Waals surface area contributed by atoms with E-state index >= 15 is 0 Å². The number of carbonyl (C=O) groups is 1. The van der Waals surface area contributed by atoms with E-state index in [2.05, 4.69) is 54.2 Å². The molecule has 0 radical (unpaired) electrons. The van der Waals surface area contributed by atoms with Gasteiger partial charge in [0, 0.05) is 41.6 Å². The Morgan fingerprint density at radius 2 is 1.97 bits per heavy atom. The standard InChI is InChI=1S/C29H35N3O3/c1-18-14-23(15-19(2)31-18)21-10-13-34-25-17-30-27-24(7-6-22(16-21)26(25)27)20-8-11-32(12-9-20)28(33)35-29(3,4)5/h6-8,14-15,17,21,30H,9-13,16H2,1-5H3. The van der Waals surface area contributed by atoms with E-state index in [-0.39, 0.29) is 6.09 Å². The Bertz CT molecular complexity index is 1280. The first kappa shape index (κ1) is 23.5. The van der Waals surface area contributed by atoms with E-state index in [1.165, 1.54) is 27.6 Å². The van der Waals surface area contributed by atoms with Crippen LogP contribution in [0.15, 0.2) is 36.5 Å². The van der Waals surface area contributed by atoms with Gasteiger partial charge in [-0.05, 0) is 88.6 Å². The van der Waals surface area contributed by atoms with Crippen LogP contribution in [0.1, 0.15) is 67.6 Å². The normalized spacial score (nSPS) is 18.5. The minimum atomic E-state index is -0.486. The van der Waals surface area contributed by atoms with Crippen LogP contribution in [0.4, 0.5) is 4.79 Å². The molecule has 0 fully saturated rings. The number of aryl methyl sites for hydroxylation is 2. The molecule has 4 heterocycles. The lowest BCUT2D eigenvalue weighted by Crippen LogP contribution is -2.39. The molecule has 0 bridgehead atoms. The smallest absolute Gasteiger partial charge is 0.410 e. The largest absolute Gasteiger partial charge is 0.491 e. The third-order valence-corrected chi connectivity index (χ3v) is 6.86. The number of amides is 1. The Morgan fingerprint density at radius 3 is 2.66 bits per heavy atom. The number of nitrogens with zero attached hydrogens (tertiary/aromatic N) is 2. The van der Waals surface area contributed by atoms with Crippen molar-refractivity contribution < 1.29 is 14.3 Å². The molecule has 6 heteroatoms. The first-order chi connectivity index (χ1) is 16.7. The monoisotopic (exact) mass is 473 g/mol. The van der Waals surface area contributed by atoms with Gasteiger partial charge in [-0.25, -0.2) is 4.79 Å². The van der Waals surface area contributed by atoms with Gasteiger partial charge in [0.25, 0.3) is 0 Å². The molecule has 2 aliphatic rings. The maximum atomic E-state index is 12.5. The van der Waals surface area contributed by atoms with Gasteiger partial charge in [0.15, 0.2) is 0 Å². The van der Waals surface area contributed by atoms with Crippen molar-refractivity contribution in [2.75, 3.05) is 19.7 Å².